The zero-order chi connectivity index (χ0) is 22.4. The molecular weight excluding hydrogens is 403 g/mol. The average Bonchev–Trinajstić information content (AvgIpc) is 3.19. The van der Waals surface area contributed by atoms with E-state index in [0.29, 0.717) is 35.0 Å². The Morgan fingerprint density at radius 2 is 1.77 bits per heavy atom. The maximum Gasteiger partial charge on any atom is 0.497 e. The van der Waals surface area contributed by atoms with Gasteiger partial charge in [0, 0.05) is 29.5 Å². The normalized spacial score (nSPS) is 17.2. The number of nitrogens with one attached hydrogen (secondary N) is 1. The average molecular weight is 427 g/mol. The second-order valence-electron chi connectivity index (χ2n) is 8.39. The third-order valence-corrected chi connectivity index (χ3v) is 5.72. The van der Waals surface area contributed by atoms with Gasteiger partial charge in [-0.3, -0.25) is 0 Å². The van der Waals surface area contributed by atoms with Crippen molar-refractivity contribution in [2.75, 3.05) is 5.32 Å². The van der Waals surface area contributed by atoms with E-state index in [0.717, 1.165) is 0 Å². The van der Waals surface area contributed by atoms with Crippen LogP contribution in [0.5, 0.6) is 0 Å². The monoisotopic (exact) mass is 427 g/mol. The predicted octanol–water partition coefficient (Wildman–Crippen LogP) is 3.68. The number of halogens is 2. The Balaban J connectivity index is 1.57. The molecule has 1 aliphatic heterocycles. The van der Waals surface area contributed by atoms with E-state index in [9.17, 15) is 8.78 Å². The first-order valence-corrected chi connectivity index (χ1v) is 10.1. The largest absolute Gasteiger partial charge is 0.497 e. The summed E-state index contributed by atoms with van der Waals surface area (Å²) in [5, 5.41) is 7.50. The minimum atomic E-state index is -0.782. The van der Waals surface area contributed by atoms with Crippen LogP contribution in [-0.2, 0) is 15.9 Å². The van der Waals surface area contributed by atoms with Crippen LogP contribution < -0.4 is 10.8 Å². The van der Waals surface area contributed by atoms with Crippen LogP contribution in [0.2, 0.25) is 0 Å². The molecule has 0 saturated carbocycles. The molecule has 0 aliphatic carbocycles. The van der Waals surface area contributed by atoms with Gasteiger partial charge in [-0.05, 0) is 58.9 Å². The van der Waals surface area contributed by atoms with E-state index in [1.165, 1.54) is 18.3 Å². The molecule has 3 aromatic rings. The van der Waals surface area contributed by atoms with Crippen molar-refractivity contribution in [3.05, 3.63) is 48.3 Å². The summed E-state index contributed by atoms with van der Waals surface area (Å²) in [5.74, 6) is -0.195. The van der Waals surface area contributed by atoms with Crippen LogP contribution in [0.4, 0.5) is 20.4 Å². The van der Waals surface area contributed by atoms with Crippen LogP contribution in [-0.4, -0.2) is 38.1 Å². The molecule has 1 N–H and O–H groups in total. The molecule has 31 heavy (non-hydrogen) atoms. The molecule has 0 spiro atoms. The van der Waals surface area contributed by atoms with Gasteiger partial charge in [0.15, 0.2) is 5.82 Å². The lowest BCUT2D eigenvalue weighted by atomic mass is 9.78. The Kier molecular flexibility index (Phi) is 5.30. The summed E-state index contributed by atoms with van der Waals surface area (Å²) in [4.78, 5) is 8.08. The van der Waals surface area contributed by atoms with Gasteiger partial charge in [-0.15, -0.1) is 5.10 Å². The van der Waals surface area contributed by atoms with Crippen molar-refractivity contribution in [2.45, 2.75) is 52.4 Å². The third-order valence-electron chi connectivity index (χ3n) is 5.72. The quantitative estimate of drug-likeness (QED) is 0.495. The van der Waals surface area contributed by atoms with Crippen LogP contribution in [0.3, 0.4) is 0 Å². The molecule has 10 heteroatoms. The summed E-state index contributed by atoms with van der Waals surface area (Å²) >= 11 is 0. The molecule has 1 saturated heterocycles. The fourth-order valence-electron chi connectivity index (χ4n) is 3.18. The van der Waals surface area contributed by atoms with Crippen molar-refractivity contribution < 1.29 is 18.1 Å². The number of anilines is 2. The number of hydrogen-bond acceptors (Lipinski definition) is 6. The van der Waals surface area contributed by atoms with Gasteiger partial charge >= 0.3 is 7.12 Å². The number of pyridine rings is 1. The highest BCUT2D eigenvalue weighted by atomic mass is 19.1. The van der Waals surface area contributed by atoms with Gasteiger partial charge in [-0.1, -0.05) is 6.07 Å². The van der Waals surface area contributed by atoms with E-state index in [-0.39, 0.29) is 0 Å². The number of rotatable bonds is 5. The SMILES string of the molecule is CCn1nc(-c2ccc(F)nc2)nc1Nc1ccc(B2OC(C)(C)C(C)(C)O2)c(F)c1. The number of hydrogen-bond donors (Lipinski definition) is 1. The van der Waals surface area contributed by atoms with E-state index in [2.05, 4.69) is 20.4 Å². The second kappa shape index (κ2) is 7.69. The Morgan fingerprint density at radius 1 is 1.06 bits per heavy atom. The van der Waals surface area contributed by atoms with Gasteiger partial charge < -0.3 is 14.6 Å². The number of aromatic nitrogens is 4. The minimum absolute atomic E-state index is 0.333. The van der Waals surface area contributed by atoms with Gasteiger partial charge in [0.2, 0.25) is 11.9 Å². The second-order valence-corrected chi connectivity index (χ2v) is 8.39. The van der Waals surface area contributed by atoms with Crippen molar-refractivity contribution in [1.82, 2.24) is 19.7 Å². The highest BCUT2D eigenvalue weighted by Crippen LogP contribution is 2.36. The lowest BCUT2D eigenvalue weighted by Gasteiger charge is -2.32. The van der Waals surface area contributed by atoms with Crippen LogP contribution in [0, 0.1) is 11.8 Å². The van der Waals surface area contributed by atoms with Crippen LogP contribution in [0.25, 0.3) is 11.4 Å². The highest BCUT2D eigenvalue weighted by molar-refractivity contribution is 6.62. The van der Waals surface area contributed by atoms with Gasteiger partial charge in [0.1, 0.15) is 5.82 Å². The van der Waals surface area contributed by atoms with Crippen LogP contribution >= 0.6 is 0 Å². The summed E-state index contributed by atoms with van der Waals surface area (Å²) in [7, 11) is -0.782. The fourth-order valence-corrected chi connectivity index (χ4v) is 3.18. The number of nitrogens with zero attached hydrogens (tertiary/aromatic N) is 4. The van der Waals surface area contributed by atoms with Crippen molar-refractivity contribution >= 4 is 24.2 Å². The molecule has 4 rings (SSSR count). The highest BCUT2D eigenvalue weighted by Gasteiger charge is 2.52. The van der Waals surface area contributed by atoms with E-state index < -0.39 is 30.1 Å². The molecule has 0 amide bonds. The van der Waals surface area contributed by atoms with E-state index in [4.69, 9.17) is 9.31 Å². The lowest BCUT2D eigenvalue weighted by molar-refractivity contribution is 0.00578. The molecule has 0 atom stereocenters. The molecule has 0 radical (unpaired) electrons. The van der Waals surface area contributed by atoms with E-state index in [1.807, 2.05) is 34.6 Å². The Labute approximate surface area is 180 Å². The van der Waals surface area contributed by atoms with Gasteiger partial charge in [0.05, 0.1) is 11.2 Å². The molecule has 162 valence electrons. The topological polar surface area (TPSA) is 74.1 Å². The number of benzene rings is 1. The molecule has 3 heterocycles. The van der Waals surface area contributed by atoms with E-state index in [1.54, 1.807) is 22.9 Å². The van der Waals surface area contributed by atoms with E-state index >= 15 is 0 Å². The molecule has 1 fully saturated rings. The summed E-state index contributed by atoms with van der Waals surface area (Å²) < 4.78 is 41.5. The maximum absolute atomic E-state index is 14.9. The first-order valence-electron chi connectivity index (χ1n) is 10.1. The van der Waals surface area contributed by atoms with Crippen molar-refractivity contribution in [2.24, 2.45) is 0 Å². The Hall–Kier alpha value is -2.85. The summed E-state index contributed by atoms with van der Waals surface area (Å²) in [6.07, 6.45) is 1.37. The number of aryl methyl sites for hydroxylation is 1. The Morgan fingerprint density at radius 3 is 2.35 bits per heavy atom. The van der Waals surface area contributed by atoms with Crippen molar-refractivity contribution in [3.8, 4) is 11.4 Å². The van der Waals surface area contributed by atoms with Gasteiger partial charge in [-0.25, -0.2) is 14.1 Å². The summed E-state index contributed by atoms with van der Waals surface area (Å²) in [5.41, 5.74) is 0.316. The van der Waals surface area contributed by atoms with Crippen molar-refractivity contribution in [3.63, 3.8) is 0 Å². The summed E-state index contributed by atoms with van der Waals surface area (Å²) in [6.45, 7) is 10.1. The first kappa shape index (κ1) is 21.4. The molecule has 2 aromatic heterocycles. The van der Waals surface area contributed by atoms with Crippen LogP contribution in [0.15, 0.2) is 36.5 Å². The predicted molar refractivity (Wildman–Crippen MR) is 114 cm³/mol. The van der Waals surface area contributed by atoms with Crippen LogP contribution in [0.1, 0.15) is 34.6 Å². The Bertz CT molecular complexity index is 1090. The standard InChI is InChI=1S/C21H24BF2N5O2/c1-6-29-19(27-18(28-29)13-7-10-17(24)25-12-13)26-14-8-9-15(16(23)11-14)22-30-20(2,3)21(4,5)31-22/h7-12H,6H2,1-5H3,(H,26,27,28). The third kappa shape index (κ3) is 4.05. The first-order chi connectivity index (χ1) is 14.6. The van der Waals surface area contributed by atoms with Gasteiger partial charge in [0.25, 0.3) is 0 Å². The molecule has 1 aromatic carbocycles. The van der Waals surface area contributed by atoms with Crippen molar-refractivity contribution in [1.29, 1.82) is 0 Å². The molecule has 0 bridgehead atoms. The minimum Gasteiger partial charge on any atom is -0.399 e. The molecular formula is C21H24BF2N5O2. The molecule has 7 nitrogen and oxygen atoms in total. The lowest BCUT2D eigenvalue weighted by Crippen LogP contribution is -2.41. The summed E-state index contributed by atoms with van der Waals surface area (Å²) in [6, 6.07) is 7.54. The van der Waals surface area contributed by atoms with Gasteiger partial charge in [-0.2, -0.15) is 9.37 Å². The fraction of sp³-hybridized carbons (Fsp3) is 0.381. The molecule has 0 unspecified atom stereocenters. The maximum atomic E-state index is 14.9. The smallest absolute Gasteiger partial charge is 0.399 e. The molecule has 1 aliphatic rings. The zero-order valence-electron chi connectivity index (χ0n) is 18.1. The zero-order valence-corrected chi connectivity index (χ0v) is 18.1.